The second-order valence-corrected chi connectivity index (χ2v) is 3.75. The van der Waals surface area contributed by atoms with Crippen LogP contribution in [0.2, 0.25) is 5.15 Å². The summed E-state index contributed by atoms with van der Waals surface area (Å²) in [5.74, 6) is -0.0362. The summed E-state index contributed by atoms with van der Waals surface area (Å²) < 4.78 is 0. The number of carboxylic acid groups (broad SMARTS) is 1. The van der Waals surface area contributed by atoms with E-state index in [4.69, 9.17) is 16.7 Å². The van der Waals surface area contributed by atoms with Gasteiger partial charge in [-0.1, -0.05) is 17.7 Å². The maximum Gasteiger partial charge on any atom is 0.313 e. The van der Waals surface area contributed by atoms with E-state index in [2.05, 4.69) is 4.98 Å². The molecule has 3 nitrogen and oxygen atoms in total. The van der Waals surface area contributed by atoms with E-state index in [1.807, 2.05) is 6.07 Å². The summed E-state index contributed by atoms with van der Waals surface area (Å²) >= 11 is 6.92. The quantitative estimate of drug-likeness (QED) is 0.785. The molecule has 13 heavy (non-hydrogen) atoms. The second-order valence-electron chi connectivity index (χ2n) is 2.38. The van der Waals surface area contributed by atoms with Crippen molar-refractivity contribution in [2.75, 3.05) is 5.75 Å². The highest BCUT2D eigenvalue weighted by molar-refractivity contribution is 7.99. The van der Waals surface area contributed by atoms with Crippen LogP contribution in [0.1, 0.15) is 5.56 Å². The Morgan fingerprint density at radius 3 is 2.92 bits per heavy atom. The predicted molar refractivity (Wildman–Crippen MR) is 53.0 cm³/mol. The lowest BCUT2D eigenvalue weighted by atomic mass is 10.3. The molecular weight excluding hydrogens is 210 g/mol. The minimum atomic E-state index is -0.799. The van der Waals surface area contributed by atoms with Crippen molar-refractivity contribution in [2.24, 2.45) is 0 Å². The SMILES string of the molecule is O=C(O)CSCc1ccc(Cl)nc1. The molecule has 0 saturated heterocycles. The number of hydrogen-bond acceptors (Lipinski definition) is 3. The van der Waals surface area contributed by atoms with Crippen molar-refractivity contribution in [3.8, 4) is 0 Å². The van der Waals surface area contributed by atoms with Crippen molar-refractivity contribution in [3.05, 3.63) is 29.0 Å². The second kappa shape index (κ2) is 5.09. The normalized spacial score (nSPS) is 9.92. The molecule has 1 heterocycles. The topological polar surface area (TPSA) is 50.2 Å². The number of halogens is 1. The van der Waals surface area contributed by atoms with E-state index < -0.39 is 5.97 Å². The Kier molecular flexibility index (Phi) is 4.05. The van der Waals surface area contributed by atoms with Crippen LogP contribution in [0.15, 0.2) is 18.3 Å². The summed E-state index contributed by atoms with van der Waals surface area (Å²) in [6, 6.07) is 3.53. The molecule has 5 heteroatoms. The number of nitrogens with zero attached hydrogens (tertiary/aromatic N) is 1. The third-order valence-corrected chi connectivity index (χ3v) is 2.50. The Bertz CT molecular complexity index is 289. The zero-order valence-corrected chi connectivity index (χ0v) is 8.31. The molecule has 0 bridgehead atoms. The minimum Gasteiger partial charge on any atom is -0.481 e. The molecule has 0 radical (unpaired) electrons. The van der Waals surface area contributed by atoms with Gasteiger partial charge in [0.15, 0.2) is 0 Å². The number of thioether (sulfide) groups is 1. The average molecular weight is 218 g/mol. The van der Waals surface area contributed by atoms with Crippen molar-refractivity contribution in [1.29, 1.82) is 0 Å². The molecule has 0 fully saturated rings. The number of aromatic nitrogens is 1. The van der Waals surface area contributed by atoms with Crippen molar-refractivity contribution >= 4 is 29.3 Å². The molecule has 1 N–H and O–H groups in total. The Morgan fingerprint density at radius 1 is 1.62 bits per heavy atom. The summed E-state index contributed by atoms with van der Waals surface area (Å²) in [6.45, 7) is 0. The van der Waals surface area contributed by atoms with Crippen molar-refractivity contribution in [1.82, 2.24) is 4.98 Å². The molecule has 0 aliphatic rings. The van der Waals surface area contributed by atoms with Crippen LogP contribution in [0.5, 0.6) is 0 Å². The highest BCUT2D eigenvalue weighted by Gasteiger charge is 1.98. The molecule has 70 valence electrons. The van der Waals surface area contributed by atoms with E-state index in [0.717, 1.165) is 5.56 Å². The number of hydrogen-bond donors (Lipinski definition) is 1. The Balaban J connectivity index is 2.37. The summed E-state index contributed by atoms with van der Waals surface area (Å²) in [5, 5.41) is 8.83. The molecule has 0 aliphatic heterocycles. The van der Waals surface area contributed by atoms with Gasteiger partial charge in [-0.05, 0) is 11.6 Å². The first-order valence-electron chi connectivity index (χ1n) is 3.58. The zero-order valence-electron chi connectivity index (χ0n) is 6.74. The summed E-state index contributed by atoms with van der Waals surface area (Å²) in [7, 11) is 0. The highest BCUT2D eigenvalue weighted by atomic mass is 35.5. The number of pyridine rings is 1. The average Bonchev–Trinajstić information content (AvgIpc) is 2.08. The smallest absolute Gasteiger partial charge is 0.313 e. The lowest BCUT2D eigenvalue weighted by molar-refractivity contribution is -0.133. The lowest BCUT2D eigenvalue weighted by Crippen LogP contribution is -1.98. The number of aliphatic carboxylic acids is 1. The maximum atomic E-state index is 10.2. The lowest BCUT2D eigenvalue weighted by Gasteiger charge is -1.98. The third-order valence-electron chi connectivity index (χ3n) is 1.28. The monoisotopic (exact) mass is 217 g/mol. The largest absolute Gasteiger partial charge is 0.481 e. The van der Waals surface area contributed by atoms with Gasteiger partial charge in [0.05, 0.1) is 5.75 Å². The van der Waals surface area contributed by atoms with Gasteiger partial charge in [0.1, 0.15) is 5.15 Å². The molecule has 0 spiro atoms. The molecule has 1 aromatic rings. The first kappa shape index (κ1) is 10.3. The molecule has 0 saturated carbocycles. The van der Waals surface area contributed by atoms with Crippen molar-refractivity contribution in [3.63, 3.8) is 0 Å². The van der Waals surface area contributed by atoms with E-state index in [0.29, 0.717) is 10.9 Å². The molecule has 0 atom stereocenters. The fourth-order valence-corrected chi connectivity index (χ4v) is 1.54. The van der Waals surface area contributed by atoms with Gasteiger partial charge in [-0.25, -0.2) is 4.98 Å². The number of rotatable bonds is 4. The zero-order chi connectivity index (χ0) is 9.68. The Morgan fingerprint density at radius 2 is 2.38 bits per heavy atom. The Labute approximate surface area is 85.1 Å². The fraction of sp³-hybridized carbons (Fsp3) is 0.250. The third kappa shape index (κ3) is 4.15. The maximum absolute atomic E-state index is 10.2. The van der Waals surface area contributed by atoms with E-state index in [-0.39, 0.29) is 5.75 Å². The van der Waals surface area contributed by atoms with Gasteiger partial charge in [0, 0.05) is 11.9 Å². The van der Waals surface area contributed by atoms with Crippen LogP contribution in [-0.4, -0.2) is 21.8 Å². The van der Waals surface area contributed by atoms with Gasteiger partial charge in [0.25, 0.3) is 0 Å². The first-order valence-corrected chi connectivity index (χ1v) is 5.11. The number of carboxylic acids is 1. The molecule has 0 amide bonds. The van der Waals surface area contributed by atoms with Gasteiger partial charge >= 0.3 is 5.97 Å². The van der Waals surface area contributed by atoms with Crippen LogP contribution in [0, 0.1) is 0 Å². The van der Waals surface area contributed by atoms with E-state index in [1.165, 1.54) is 11.8 Å². The molecule has 0 aliphatic carbocycles. The van der Waals surface area contributed by atoms with Crippen LogP contribution >= 0.6 is 23.4 Å². The molecule has 1 aromatic heterocycles. The predicted octanol–water partition coefficient (Wildman–Crippen LogP) is 2.05. The highest BCUT2D eigenvalue weighted by Crippen LogP contribution is 2.12. The van der Waals surface area contributed by atoms with Gasteiger partial charge in [0.2, 0.25) is 0 Å². The van der Waals surface area contributed by atoms with E-state index >= 15 is 0 Å². The molecular formula is C8H8ClNO2S. The van der Waals surface area contributed by atoms with Crippen molar-refractivity contribution < 1.29 is 9.90 Å². The van der Waals surface area contributed by atoms with Crippen molar-refractivity contribution in [2.45, 2.75) is 5.75 Å². The van der Waals surface area contributed by atoms with Crippen LogP contribution in [0.25, 0.3) is 0 Å². The number of carbonyl (C=O) groups is 1. The van der Waals surface area contributed by atoms with Crippen LogP contribution in [0.3, 0.4) is 0 Å². The van der Waals surface area contributed by atoms with Gasteiger partial charge in [-0.15, -0.1) is 11.8 Å². The van der Waals surface area contributed by atoms with Crippen LogP contribution < -0.4 is 0 Å². The molecule has 0 unspecified atom stereocenters. The standard InChI is InChI=1S/C8H8ClNO2S/c9-7-2-1-6(3-10-7)4-13-5-8(11)12/h1-3H,4-5H2,(H,11,12). The summed E-state index contributed by atoms with van der Waals surface area (Å²) in [6.07, 6.45) is 1.65. The minimum absolute atomic E-state index is 0.114. The van der Waals surface area contributed by atoms with Gasteiger partial charge in [-0.3, -0.25) is 4.79 Å². The van der Waals surface area contributed by atoms with Crippen LogP contribution in [0.4, 0.5) is 0 Å². The van der Waals surface area contributed by atoms with Gasteiger partial charge < -0.3 is 5.11 Å². The van der Waals surface area contributed by atoms with E-state index in [1.54, 1.807) is 12.3 Å². The first-order chi connectivity index (χ1) is 6.18. The molecule has 0 aromatic carbocycles. The fourth-order valence-electron chi connectivity index (χ4n) is 0.748. The van der Waals surface area contributed by atoms with E-state index in [9.17, 15) is 4.79 Å². The summed E-state index contributed by atoms with van der Waals surface area (Å²) in [5.41, 5.74) is 0.982. The van der Waals surface area contributed by atoms with Gasteiger partial charge in [-0.2, -0.15) is 0 Å². The molecule has 1 rings (SSSR count). The van der Waals surface area contributed by atoms with Crippen LogP contribution in [-0.2, 0) is 10.5 Å². The summed E-state index contributed by atoms with van der Waals surface area (Å²) in [4.78, 5) is 14.1. The Hall–Kier alpha value is -0.740.